The van der Waals surface area contributed by atoms with Gasteiger partial charge in [-0.05, 0) is 18.2 Å². The maximum atomic E-state index is 13.2. The number of hydrogen-bond acceptors (Lipinski definition) is 5. The summed E-state index contributed by atoms with van der Waals surface area (Å²) in [5.41, 5.74) is 1.20. The van der Waals surface area contributed by atoms with Crippen molar-refractivity contribution in [2.75, 3.05) is 5.32 Å². The standard InChI is InChI=1S/C10H9FN6O/c11-5-1-2-7-6(3-5)9(10(18)13-7)12-4-8-14-16-17-15-8/h1-3,9,12H,4H2,(H,13,18)(H,14,15,16,17). The molecule has 3 N–H and O–H groups in total. The molecular weight excluding hydrogens is 239 g/mol. The largest absolute Gasteiger partial charge is 0.324 e. The zero-order valence-electron chi connectivity index (χ0n) is 9.14. The molecule has 0 saturated heterocycles. The molecule has 0 fully saturated rings. The van der Waals surface area contributed by atoms with Gasteiger partial charge in [0, 0.05) is 11.3 Å². The van der Waals surface area contributed by atoms with Gasteiger partial charge in [0.05, 0.1) is 6.54 Å². The number of benzene rings is 1. The summed E-state index contributed by atoms with van der Waals surface area (Å²) in [5, 5.41) is 18.9. The van der Waals surface area contributed by atoms with Crippen molar-refractivity contribution in [3.8, 4) is 0 Å². The highest BCUT2D eigenvalue weighted by Crippen LogP contribution is 2.31. The Hall–Kier alpha value is -2.35. The van der Waals surface area contributed by atoms with Gasteiger partial charge in [-0.2, -0.15) is 5.21 Å². The molecule has 1 amide bonds. The topological polar surface area (TPSA) is 95.6 Å². The number of fused-ring (bicyclic) bond motifs is 1. The Labute approximate surface area is 101 Å². The number of aromatic nitrogens is 4. The molecule has 18 heavy (non-hydrogen) atoms. The molecule has 1 aromatic carbocycles. The monoisotopic (exact) mass is 248 g/mol. The van der Waals surface area contributed by atoms with Crippen LogP contribution >= 0.6 is 0 Å². The van der Waals surface area contributed by atoms with Crippen molar-refractivity contribution in [2.24, 2.45) is 0 Å². The van der Waals surface area contributed by atoms with E-state index >= 15 is 0 Å². The number of anilines is 1. The van der Waals surface area contributed by atoms with Crippen molar-refractivity contribution in [2.45, 2.75) is 12.6 Å². The summed E-state index contributed by atoms with van der Waals surface area (Å²) < 4.78 is 13.2. The number of carbonyl (C=O) groups is 1. The van der Waals surface area contributed by atoms with Gasteiger partial charge < -0.3 is 5.32 Å². The second-order valence-electron chi connectivity index (χ2n) is 3.86. The lowest BCUT2D eigenvalue weighted by atomic mass is 10.1. The highest BCUT2D eigenvalue weighted by molar-refractivity contribution is 6.02. The average Bonchev–Trinajstić information content (AvgIpc) is 2.94. The molecule has 2 heterocycles. The van der Waals surface area contributed by atoms with Gasteiger partial charge in [0.25, 0.3) is 0 Å². The Morgan fingerprint density at radius 1 is 1.44 bits per heavy atom. The molecule has 7 nitrogen and oxygen atoms in total. The van der Waals surface area contributed by atoms with Gasteiger partial charge >= 0.3 is 0 Å². The van der Waals surface area contributed by atoms with Crippen molar-refractivity contribution >= 4 is 11.6 Å². The lowest BCUT2D eigenvalue weighted by Gasteiger charge is -2.09. The van der Waals surface area contributed by atoms with E-state index in [-0.39, 0.29) is 18.3 Å². The third-order valence-electron chi connectivity index (χ3n) is 2.70. The summed E-state index contributed by atoms with van der Waals surface area (Å²) in [6, 6.07) is 3.58. The number of H-pyrrole nitrogens is 1. The van der Waals surface area contributed by atoms with Crippen LogP contribution in [0.3, 0.4) is 0 Å². The second kappa shape index (κ2) is 4.15. The van der Waals surface area contributed by atoms with Gasteiger partial charge in [-0.15, -0.1) is 10.2 Å². The molecule has 2 aromatic rings. The van der Waals surface area contributed by atoms with Crippen molar-refractivity contribution in [3.05, 3.63) is 35.4 Å². The van der Waals surface area contributed by atoms with Gasteiger partial charge in [0.1, 0.15) is 11.9 Å². The van der Waals surface area contributed by atoms with Crippen molar-refractivity contribution in [1.29, 1.82) is 0 Å². The van der Waals surface area contributed by atoms with E-state index in [1.54, 1.807) is 6.07 Å². The van der Waals surface area contributed by atoms with E-state index in [4.69, 9.17) is 0 Å². The molecule has 1 aromatic heterocycles. The van der Waals surface area contributed by atoms with E-state index in [1.807, 2.05) is 0 Å². The van der Waals surface area contributed by atoms with Crippen LogP contribution in [-0.4, -0.2) is 26.5 Å². The van der Waals surface area contributed by atoms with Gasteiger partial charge in [-0.1, -0.05) is 5.21 Å². The SMILES string of the molecule is O=C1Nc2ccc(F)cc2C1NCc1nn[nH]n1. The lowest BCUT2D eigenvalue weighted by molar-refractivity contribution is -0.117. The average molecular weight is 248 g/mol. The van der Waals surface area contributed by atoms with Crippen LogP contribution in [0.1, 0.15) is 17.4 Å². The summed E-state index contributed by atoms with van der Waals surface area (Å²) >= 11 is 0. The number of tetrazole rings is 1. The molecule has 92 valence electrons. The normalized spacial score (nSPS) is 17.6. The third-order valence-corrected chi connectivity index (χ3v) is 2.70. The zero-order valence-corrected chi connectivity index (χ0v) is 9.14. The summed E-state index contributed by atoms with van der Waals surface area (Å²) in [5.74, 6) is -0.164. The zero-order chi connectivity index (χ0) is 12.5. The number of halogens is 1. The fourth-order valence-electron chi connectivity index (χ4n) is 1.89. The Balaban J connectivity index is 1.80. The molecule has 3 rings (SSSR count). The molecular formula is C10H9FN6O. The Bertz CT molecular complexity index is 584. The van der Waals surface area contributed by atoms with E-state index in [0.717, 1.165) is 0 Å². The first-order chi connectivity index (χ1) is 8.74. The minimum absolute atomic E-state index is 0.223. The summed E-state index contributed by atoms with van der Waals surface area (Å²) in [6.07, 6.45) is 0. The van der Waals surface area contributed by atoms with Crippen LogP contribution < -0.4 is 10.6 Å². The highest BCUT2D eigenvalue weighted by Gasteiger charge is 2.30. The molecule has 0 radical (unpaired) electrons. The first-order valence-electron chi connectivity index (χ1n) is 5.30. The summed E-state index contributed by atoms with van der Waals surface area (Å²) in [7, 11) is 0. The van der Waals surface area contributed by atoms with Crippen LogP contribution in [0, 0.1) is 5.82 Å². The third kappa shape index (κ3) is 1.82. The molecule has 1 aliphatic rings. The van der Waals surface area contributed by atoms with Crippen LogP contribution in [-0.2, 0) is 11.3 Å². The first kappa shape index (κ1) is 10.8. The second-order valence-corrected chi connectivity index (χ2v) is 3.86. The van der Waals surface area contributed by atoms with E-state index in [1.165, 1.54) is 12.1 Å². The molecule has 0 spiro atoms. The number of nitrogens with one attached hydrogen (secondary N) is 3. The predicted molar refractivity (Wildman–Crippen MR) is 58.8 cm³/mol. The molecule has 0 aliphatic carbocycles. The first-order valence-corrected chi connectivity index (χ1v) is 5.30. The Morgan fingerprint density at radius 2 is 2.33 bits per heavy atom. The maximum Gasteiger partial charge on any atom is 0.246 e. The number of carbonyl (C=O) groups excluding carboxylic acids is 1. The van der Waals surface area contributed by atoms with Crippen LogP contribution in [0.25, 0.3) is 0 Å². The minimum Gasteiger partial charge on any atom is -0.324 e. The molecule has 8 heteroatoms. The Kier molecular flexibility index (Phi) is 2.49. The number of hydrogen-bond donors (Lipinski definition) is 3. The summed E-state index contributed by atoms with van der Waals surface area (Å²) in [4.78, 5) is 11.7. The molecule has 1 unspecified atom stereocenters. The van der Waals surface area contributed by atoms with E-state index < -0.39 is 6.04 Å². The highest BCUT2D eigenvalue weighted by atomic mass is 19.1. The van der Waals surface area contributed by atoms with Crippen LogP contribution in [0.5, 0.6) is 0 Å². The number of aromatic amines is 1. The molecule has 1 atom stereocenters. The van der Waals surface area contributed by atoms with Crippen LogP contribution in [0.4, 0.5) is 10.1 Å². The van der Waals surface area contributed by atoms with Crippen molar-refractivity contribution < 1.29 is 9.18 Å². The predicted octanol–water partition coefficient (Wildman–Crippen LogP) is 0.122. The fourth-order valence-corrected chi connectivity index (χ4v) is 1.89. The van der Waals surface area contributed by atoms with Gasteiger partial charge in [-0.25, -0.2) is 4.39 Å². The molecule has 1 aliphatic heterocycles. The van der Waals surface area contributed by atoms with Gasteiger partial charge in [0.2, 0.25) is 5.91 Å². The van der Waals surface area contributed by atoms with E-state index in [2.05, 4.69) is 31.3 Å². The fraction of sp³-hybridized carbons (Fsp3) is 0.200. The molecule has 0 bridgehead atoms. The van der Waals surface area contributed by atoms with Gasteiger partial charge in [0.15, 0.2) is 5.82 Å². The van der Waals surface area contributed by atoms with Crippen molar-refractivity contribution in [1.82, 2.24) is 25.9 Å². The Morgan fingerprint density at radius 3 is 3.11 bits per heavy atom. The van der Waals surface area contributed by atoms with Crippen LogP contribution in [0.15, 0.2) is 18.2 Å². The van der Waals surface area contributed by atoms with E-state index in [9.17, 15) is 9.18 Å². The minimum atomic E-state index is -0.603. The molecule has 0 saturated carbocycles. The quantitative estimate of drug-likeness (QED) is 0.717. The van der Waals surface area contributed by atoms with Crippen molar-refractivity contribution in [3.63, 3.8) is 0 Å². The van der Waals surface area contributed by atoms with Gasteiger partial charge in [-0.3, -0.25) is 10.1 Å². The summed E-state index contributed by atoms with van der Waals surface area (Å²) in [6.45, 7) is 0.268. The number of amides is 1. The lowest BCUT2D eigenvalue weighted by Crippen LogP contribution is -2.27. The van der Waals surface area contributed by atoms with Crippen LogP contribution in [0.2, 0.25) is 0 Å². The maximum absolute atomic E-state index is 13.2. The number of rotatable bonds is 3. The smallest absolute Gasteiger partial charge is 0.246 e. The van der Waals surface area contributed by atoms with E-state index in [0.29, 0.717) is 17.1 Å². The number of nitrogens with zero attached hydrogens (tertiary/aromatic N) is 3.